The quantitative estimate of drug-likeness (QED) is 0.726. The van der Waals surface area contributed by atoms with Crippen molar-refractivity contribution < 1.29 is 15.0 Å². The van der Waals surface area contributed by atoms with Gasteiger partial charge in [-0.15, -0.1) is 0 Å². The van der Waals surface area contributed by atoms with Gasteiger partial charge in [0.1, 0.15) is 17.1 Å². The van der Waals surface area contributed by atoms with Crippen molar-refractivity contribution >= 4 is 5.97 Å². The van der Waals surface area contributed by atoms with Crippen molar-refractivity contribution in [2.75, 3.05) is 0 Å². The van der Waals surface area contributed by atoms with Crippen LogP contribution < -0.4 is 0 Å². The molecule has 0 bridgehead atoms. The normalized spacial score (nSPS) is 10.2. The number of nitrogens with one attached hydrogen (secondary N) is 1. The summed E-state index contributed by atoms with van der Waals surface area (Å²) in [5.74, 6) is -0.614. The summed E-state index contributed by atoms with van der Waals surface area (Å²) < 4.78 is 0. The first-order chi connectivity index (χ1) is 7.66. The number of aromatic amines is 1. The molecule has 0 aliphatic rings. The summed E-state index contributed by atoms with van der Waals surface area (Å²) in [7, 11) is 0. The molecule has 5 heteroatoms. The van der Waals surface area contributed by atoms with Crippen molar-refractivity contribution in [2.24, 2.45) is 0 Å². The van der Waals surface area contributed by atoms with E-state index >= 15 is 0 Å². The zero-order valence-electron chi connectivity index (χ0n) is 8.34. The molecule has 0 saturated carbocycles. The zero-order valence-corrected chi connectivity index (χ0v) is 8.34. The van der Waals surface area contributed by atoms with Gasteiger partial charge in [0.25, 0.3) is 0 Å². The molecule has 0 amide bonds. The van der Waals surface area contributed by atoms with Crippen LogP contribution in [0.25, 0.3) is 0 Å². The second kappa shape index (κ2) is 4.06. The standard InChI is InChI=1S/C11H10N2O3/c14-9-2-1-7(5-8(9)11(15)16)6-10-12-3-4-13-10/h1-5,14H,6H2,(H,12,13)(H,15,16). The molecule has 82 valence electrons. The molecule has 1 aromatic heterocycles. The Hall–Kier alpha value is -2.30. The van der Waals surface area contributed by atoms with Crippen molar-refractivity contribution in [3.8, 4) is 5.75 Å². The lowest BCUT2D eigenvalue weighted by Gasteiger charge is -2.03. The third kappa shape index (κ3) is 2.03. The van der Waals surface area contributed by atoms with Crippen LogP contribution in [0.3, 0.4) is 0 Å². The molecule has 1 aromatic carbocycles. The van der Waals surface area contributed by atoms with Crippen LogP contribution in [0.5, 0.6) is 5.75 Å². The molecule has 0 unspecified atom stereocenters. The number of rotatable bonds is 3. The summed E-state index contributed by atoms with van der Waals surface area (Å²) in [4.78, 5) is 17.8. The van der Waals surface area contributed by atoms with Gasteiger partial charge < -0.3 is 15.2 Å². The number of aromatic hydroxyl groups is 1. The SMILES string of the molecule is O=C(O)c1cc(Cc2ncc[nH]2)ccc1O. The first-order valence-corrected chi connectivity index (χ1v) is 4.70. The second-order valence-corrected chi connectivity index (χ2v) is 3.37. The molecule has 0 aliphatic carbocycles. The van der Waals surface area contributed by atoms with E-state index in [1.807, 2.05) is 0 Å². The Balaban J connectivity index is 2.29. The molecule has 16 heavy (non-hydrogen) atoms. The Morgan fingerprint density at radius 2 is 2.25 bits per heavy atom. The van der Waals surface area contributed by atoms with Gasteiger partial charge in [-0.2, -0.15) is 0 Å². The van der Waals surface area contributed by atoms with Crippen LogP contribution in [0.1, 0.15) is 21.7 Å². The Morgan fingerprint density at radius 3 is 2.88 bits per heavy atom. The van der Waals surface area contributed by atoms with Crippen LogP contribution in [0.15, 0.2) is 30.6 Å². The van der Waals surface area contributed by atoms with Gasteiger partial charge in [0, 0.05) is 18.8 Å². The lowest BCUT2D eigenvalue weighted by Crippen LogP contribution is -1.99. The molecule has 5 nitrogen and oxygen atoms in total. The molecule has 1 heterocycles. The highest BCUT2D eigenvalue weighted by Crippen LogP contribution is 2.19. The number of hydrogen-bond acceptors (Lipinski definition) is 3. The number of carboxylic acids is 1. The van der Waals surface area contributed by atoms with Gasteiger partial charge in [-0.3, -0.25) is 0 Å². The van der Waals surface area contributed by atoms with Gasteiger partial charge in [-0.25, -0.2) is 9.78 Å². The molecule has 0 saturated heterocycles. The molecular weight excluding hydrogens is 208 g/mol. The van der Waals surface area contributed by atoms with Crippen molar-refractivity contribution in [3.63, 3.8) is 0 Å². The molecule has 0 aliphatic heterocycles. The topological polar surface area (TPSA) is 86.2 Å². The summed E-state index contributed by atoms with van der Waals surface area (Å²) in [6.07, 6.45) is 3.84. The average molecular weight is 218 g/mol. The van der Waals surface area contributed by atoms with E-state index in [2.05, 4.69) is 9.97 Å². The van der Waals surface area contributed by atoms with E-state index in [0.717, 1.165) is 11.4 Å². The summed E-state index contributed by atoms with van der Waals surface area (Å²) in [5.41, 5.74) is 0.689. The van der Waals surface area contributed by atoms with E-state index in [4.69, 9.17) is 5.11 Å². The van der Waals surface area contributed by atoms with Crippen molar-refractivity contribution in [1.82, 2.24) is 9.97 Å². The minimum atomic E-state index is -1.14. The van der Waals surface area contributed by atoms with Gasteiger partial charge >= 0.3 is 5.97 Å². The molecule has 0 spiro atoms. The fourth-order valence-electron chi connectivity index (χ4n) is 1.45. The van der Waals surface area contributed by atoms with E-state index in [1.165, 1.54) is 12.1 Å². The first-order valence-electron chi connectivity index (χ1n) is 4.70. The van der Waals surface area contributed by atoms with Crippen molar-refractivity contribution in [1.29, 1.82) is 0 Å². The maximum atomic E-state index is 10.8. The lowest BCUT2D eigenvalue weighted by atomic mass is 10.1. The van der Waals surface area contributed by atoms with Gasteiger partial charge in [-0.1, -0.05) is 6.07 Å². The Labute approximate surface area is 91.4 Å². The Morgan fingerprint density at radius 1 is 1.44 bits per heavy atom. The predicted molar refractivity (Wildman–Crippen MR) is 56.5 cm³/mol. The Kier molecular flexibility index (Phi) is 2.59. The number of carboxylic acid groups (broad SMARTS) is 1. The lowest BCUT2D eigenvalue weighted by molar-refractivity contribution is 0.0693. The van der Waals surface area contributed by atoms with E-state index in [0.29, 0.717) is 6.42 Å². The number of H-pyrrole nitrogens is 1. The molecular formula is C11H10N2O3. The molecule has 3 N–H and O–H groups in total. The minimum Gasteiger partial charge on any atom is -0.507 e. The third-order valence-electron chi connectivity index (χ3n) is 2.22. The third-order valence-corrected chi connectivity index (χ3v) is 2.22. The summed E-state index contributed by atoms with van der Waals surface area (Å²) in [5, 5.41) is 18.2. The highest BCUT2D eigenvalue weighted by Gasteiger charge is 2.10. The number of benzene rings is 1. The average Bonchev–Trinajstić information content (AvgIpc) is 2.73. The van der Waals surface area contributed by atoms with Crippen LogP contribution in [0.2, 0.25) is 0 Å². The maximum Gasteiger partial charge on any atom is 0.339 e. The van der Waals surface area contributed by atoms with Crippen LogP contribution in [-0.2, 0) is 6.42 Å². The van der Waals surface area contributed by atoms with E-state index < -0.39 is 5.97 Å². The molecule has 0 atom stereocenters. The number of imidazole rings is 1. The number of phenols is 1. The first kappa shape index (κ1) is 10.2. The number of aromatic nitrogens is 2. The molecule has 0 radical (unpaired) electrons. The molecule has 2 rings (SSSR count). The highest BCUT2D eigenvalue weighted by atomic mass is 16.4. The maximum absolute atomic E-state index is 10.8. The van der Waals surface area contributed by atoms with Gasteiger partial charge in [0.15, 0.2) is 0 Å². The second-order valence-electron chi connectivity index (χ2n) is 3.37. The van der Waals surface area contributed by atoms with Crippen LogP contribution in [0.4, 0.5) is 0 Å². The largest absolute Gasteiger partial charge is 0.507 e. The van der Waals surface area contributed by atoms with Crippen molar-refractivity contribution in [3.05, 3.63) is 47.5 Å². The van der Waals surface area contributed by atoms with Gasteiger partial charge in [0.05, 0.1) is 0 Å². The highest BCUT2D eigenvalue weighted by molar-refractivity contribution is 5.90. The van der Waals surface area contributed by atoms with E-state index in [1.54, 1.807) is 18.5 Å². The van der Waals surface area contributed by atoms with Gasteiger partial charge in [-0.05, 0) is 17.7 Å². The van der Waals surface area contributed by atoms with E-state index in [-0.39, 0.29) is 11.3 Å². The number of aromatic carboxylic acids is 1. The zero-order chi connectivity index (χ0) is 11.5. The van der Waals surface area contributed by atoms with Gasteiger partial charge in [0.2, 0.25) is 0 Å². The summed E-state index contributed by atoms with van der Waals surface area (Å²) in [6.45, 7) is 0. The minimum absolute atomic E-state index is 0.0935. The van der Waals surface area contributed by atoms with E-state index in [9.17, 15) is 9.90 Å². The molecule has 2 aromatic rings. The number of nitrogens with zero attached hydrogens (tertiary/aromatic N) is 1. The fraction of sp³-hybridized carbons (Fsp3) is 0.0909. The predicted octanol–water partition coefficient (Wildman–Crippen LogP) is 1.40. The Bertz CT molecular complexity index is 506. The number of hydrogen-bond donors (Lipinski definition) is 3. The van der Waals surface area contributed by atoms with Crippen LogP contribution >= 0.6 is 0 Å². The molecule has 0 fully saturated rings. The summed E-state index contributed by atoms with van der Waals surface area (Å²) >= 11 is 0. The smallest absolute Gasteiger partial charge is 0.339 e. The van der Waals surface area contributed by atoms with Crippen LogP contribution in [0, 0.1) is 0 Å². The van der Waals surface area contributed by atoms with Crippen LogP contribution in [-0.4, -0.2) is 26.2 Å². The van der Waals surface area contributed by atoms with Crippen molar-refractivity contribution in [2.45, 2.75) is 6.42 Å². The fourth-order valence-corrected chi connectivity index (χ4v) is 1.45. The number of carbonyl (C=O) groups is 1. The summed E-state index contributed by atoms with van der Waals surface area (Å²) in [6, 6.07) is 4.49. The monoisotopic (exact) mass is 218 g/mol.